The summed E-state index contributed by atoms with van der Waals surface area (Å²) in [4.78, 5) is 0. The SMILES string of the molecule is CCCC(CCC)(CC1C2CCC(C2)C1C1CC2CCC1C2)O[SiH3]. The molecule has 0 spiro atoms. The van der Waals surface area contributed by atoms with E-state index in [2.05, 4.69) is 13.8 Å². The molecule has 7 atom stereocenters. The van der Waals surface area contributed by atoms with Crippen molar-refractivity contribution in [1.29, 1.82) is 0 Å². The summed E-state index contributed by atoms with van der Waals surface area (Å²) in [6, 6.07) is 0. The molecule has 4 aliphatic rings. The van der Waals surface area contributed by atoms with Crippen LogP contribution in [0.4, 0.5) is 0 Å². The van der Waals surface area contributed by atoms with E-state index in [9.17, 15) is 0 Å². The van der Waals surface area contributed by atoms with Crippen molar-refractivity contribution in [3.05, 3.63) is 0 Å². The van der Waals surface area contributed by atoms with Crippen LogP contribution in [0.3, 0.4) is 0 Å². The van der Waals surface area contributed by atoms with Gasteiger partial charge >= 0.3 is 0 Å². The zero-order valence-corrected chi connectivity index (χ0v) is 18.4. The Labute approximate surface area is 153 Å². The summed E-state index contributed by atoms with van der Waals surface area (Å²) in [6.45, 7) is 4.72. The summed E-state index contributed by atoms with van der Waals surface area (Å²) in [5.74, 6) is 7.60. The van der Waals surface area contributed by atoms with Crippen molar-refractivity contribution < 1.29 is 4.43 Å². The van der Waals surface area contributed by atoms with E-state index in [1.54, 1.807) is 44.9 Å². The van der Waals surface area contributed by atoms with Crippen LogP contribution < -0.4 is 0 Å². The monoisotopic (exact) mass is 348 g/mol. The third kappa shape index (κ3) is 2.94. The maximum Gasteiger partial charge on any atom is 0.146 e. The second-order valence-electron chi connectivity index (χ2n) is 10.0. The molecule has 2 heteroatoms. The van der Waals surface area contributed by atoms with Crippen LogP contribution >= 0.6 is 0 Å². The van der Waals surface area contributed by atoms with E-state index in [-0.39, 0.29) is 5.60 Å². The first-order valence-corrected chi connectivity index (χ1v) is 12.1. The molecule has 4 rings (SSSR count). The van der Waals surface area contributed by atoms with E-state index >= 15 is 0 Å². The molecular weight excluding hydrogens is 308 g/mol. The second kappa shape index (κ2) is 7.06. The summed E-state index contributed by atoms with van der Waals surface area (Å²) in [7, 11) is 0.919. The van der Waals surface area contributed by atoms with Gasteiger partial charge in [0, 0.05) is 0 Å². The maximum atomic E-state index is 6.40. The molecule has 0 aliphatic heterocycles. The molecule has 4 bridgehead atoms. The standard InChI is InChI=1S/C22H40OSi/c1-3-9-22(23-24,10-4-2)14-20-17-7-8-18(13-17)21(20)19-12-15-5-6-16(19)11-15/h15-21H,3-14H2,1-2,24H3. The van der Waals surface area contributed by atoms with Crippen LogP contribution in [0.15, 0.2) is 0 Å². The maximum absolute atomic E-state index is 6.40. The topological polar surface area (TPSA) is 9.23 Å². The quantitative estimate of drug-likeness (QED) is 0.554. The molecule has 4 saturated carbocycles. The molecule has 0 N–H and O–H groups in total. The minimum Gasteiger partial charge on any atom is -0.422 e. The molecule has 0 heterocycles. The van der Waals surface area contributed by atoms with Crippen molar-refractivity contribution in [2.24, 2.45) is 41.4 Å². The Hall–Kier alpha value is 0.177. The summed E-state index contributed by atoms with van der Waals surface area (Å²) in [6.07, 6.45) is 17.6. The minimum atomic E-state index is 0.251. The molecule has 4 aliphatic carbocycles. The highest BCUT2D eigenvalue weighted by Crippen LogP contribution is 2.63. The summed E-state index contributed by atoms with van der Waals surface area (Å²) in [5, 5.41) is 0. The lowest BCUT2D eigenvalue weighted by molar-refractivity contribution is -0.00519. The van der Waals surface area contributed by atoms with Gasteiger partial charge in [0.25, 0.3) is 0 Å². The van der Waals surface area contributed by atoms with Crippen molar-refractivity contribution in [3.8, 4) is 0 Å². The Morgan fingerprint density at radius 1 is 0.875 bits per heavy atom. The molecule has 0 radical (unpaired) electrons. The van der Waals surface area contributed by atoms with Gasteiger partial charge < -0.3 is 4.43 Å². The van der Waals surface area contributed by atoms with Crippen LogP contribution in [-0.2, 0) is 4.43 Å². The van der Waals surface area contributed by atoms with Gasteiger partial charge in [-0.1, -0.05) is 33.1 Å². The Morgan fingerprint density at radius 3 is 2.17 bits per heavy atom. The van der Waals surface area contributed by atoms with Gasteiger partial charge in [0.2, 0.25) is 0 Å². The van der Waals surface area contributed by atoms with Gasteiger partial charge in [0.05, 0.1) is 5.60 Å². The van der Waals surface area contributed by atoms with E-state index < -0.39 is 0 Å². The Balaban J connectivity index is 1.53. The lowest BCUT2D eigenvalue weighted by Crippen LogP contribution is -2.40. The zero-order valence-electron chi connectivity index (χ0n) is 16.4. The van der Waals surface area contributed by atoms with Gasteiger partial charge in [0.1, 0.15) is 10.5 Å². The van der Waals surface area contributed by atoms with E-state index in [4.69, 9.17) is 4.43 Å². The average Bonchev–Trinajstić information content (AvgIpc) is 3.35. The smallest absolute Gasteiger partial charge is 0.146 e. The average molecular weight is 349 g/mol. The van der Waals surface area contributed by atoms with Gasteiger partial charge in [-0.25, -0.2) is 0 Å². The van der Waals surface area contributed by atoms with E-state index in [1.165, 1.54) is 32.1 Å². The third-order valence-electron chi connectivity index (χ3n) is 8.90. The van der Waals surface area contributed by atoms with Crippen LogP contribution in [0.2, 0.25) is 0 Å². The molecule has 1 nitrogen and oxygen atoms in total. The van der Waals surface area contributed by atoms with Gasteiger partial charge in [-0.15, -0.1) is 0 Å². The molecule has 0 aromatic carbocycles. The van der Waals surface area contributed by atoms with Crippen LogP contribution in [0.1, 0.15) is 90.9 Å². The lowest BCUT2D eigenvalue weighted by atomic mass is 9.64. The minimum absolute atomic E-state index is 0.251. The number of fused-ring (bicyclic) bond motifs is 4. The fourth-order valence-corrected chi connectivity index (χ4v) is 8.72. The van der Waals surface area contributed by atoms with Crippen molar-refractivity contribution in [2.75, 3.05) is 0 Å². The largest absolute Gasteiger partial charge is 0.422 e. The fraction of sp³-hybridized carbons (Fsp3) is 1.00. The van der Waals surface area contributed by atoms with Crippen molar-refractivity contribution >= 4 is 10.5 Å². The predicted octanol–water partition coefficient (Wildman–Crippen LogP) is 5.11. The van der Waals surface area contributed by atoms with Crippen LogP contribution in [0.5, 0.6) is 0 Å². The summed E-state index contributed by atoms with van der Waals surface area (Å²) >= 11 is 0. The highest BCUT2D eigenvalue weighted by Gasteiger charge is 2.55. The van der Waals surface area contributed by atoms with E-state index in [1.807, 2.05) is 0 Å². The normalized spacial score (nSPS) is 44.0. The molecule has 4 fully saturated rings. The number of hydrogen-bond acceptors (Lipinski definition) is 1. The van der Waals surface area contributed by atoms with Crippen molar-refractivity contribution in [1.82, 2.24) is 0 Å². The van der Waals surface area contributed by atoms with E-state index in [0.717, 1.165) is 51.9 Å². The first-order valence-electron chi connectivity index (χ1n) is 11.2. The van der Waals surface area contributed by atoms with Gasteiger partial charge in [-0.05, 0) is 99.2 Å². The summed E-state index contributed by atoms with van der Waals surface area (Å²) < 4.78 is 6.40. The second-order valence-corrected chi connectivity index (χ2v) is 10.4. The first-order chi connectivity index (χ1) is 11.7. The molecular formula is C22H40OSi. The highest BCUT2D eigenvalue weighted by atomic mass is 28.2. The molecule has 138 valence electrons. The number of rotatable bonds is 8. The zero-order chi connectivity index (χ0) is 16.7. The predicted molar refractivity (Wildman–Crippen MR) is 105 cm³/mol. The molecule has 0 aromatic rings. The molecule has 7 unspecified atom stereocenters. The first kappa shape index (κ1) is 17.6. The molecule has 0 amide bonds. The van der Waals surface area contributed by atoms with Crippen LogP contribution in [-0.4, -0.2) is 16.1 Å². The number of hydrogen-bond donors (Lipinski definition) is 0. The molecule has 0 aromatic heterocycles. The van der Waals surface area contributed by atoms with Crippen LogP contribution in [0, 0.1) is 41.4 Å². The van der Waals surface area contributed by atoms with Crippen molar-refractivity contribution in [3.63, 3.8) is 0 Å². The summed E-state index contributed by atoms with van der Waals surface area (Å²) in [5.41, 5.74) is 0.251. The van der Waals surface area contributed by atoms with Crippen molar-refractivity contribution in [2.45, 2.75) is 96.5 Å². The Bertz CT molecular complexity index is 430. The molecule has 0 saturated heterocycles. The van der Waals surface area contributed by atoms with Gasteiger partial charge in [-0.2, -0.15) is 0 Å². The highest BCUT2D eigenvalue weighted by molar-refractivity contribution is 5.98. The molecule has 24 heavy (non-hydrogen) atoms. The van der Waals surface area contributed by atoms with Gasteiger partial charge in [0.15, 0.2) is 0 Å². The lowest BCUT2D eigenvalue weighted by Gasteiger charge is -2.44. The Morgan fingerprint density at radius 2 is 1.58 bits per heavy atom. The third-order valence-corrected chi connectivity index (χ3v) is 9.76. The van der Waals surface area contributed by atoms with E-state index in [0.29, 0.717) is 0 Å². The van der Waals surface area contributed by atoms with Crippen LogP contribution in [0.25, 0.3) is 0 Å². The Kier molecular flexibility index (Phi) is 5.17. The fourth-order valence-electron chi connectivity index (χ4n) is 8.15. The van der Waals surface area contributed by atoms with Gasteiger partial charge in [-0.3, -0.25) is 0 Å².